The zero-order chi connectivity index (χ0) is 24.5. The number of aryl methyl sites for hydroxylation is 1. The molecule has 0 radical (unpaired) electrons. The SMILES string of the molecule is Cn1nccc1C(CC(=O)N1CCOCC1)c1c(O)cc(O)c2c(=O)cc(-c3ccccc3)oc12. The van der Waals surface area contributed by atoms with Crippen LogP contribution in [0.4, 0.5) is 0 Å². The minimum atomic E-state index is -0.685. The van der Waals surface area contributed by atoms with E-state index in [1.54, 1.807) is 41.0 Å². The number of benzene rings is 2. The van der Waals surface area contributed by atoms with Crippen LogP contribution in [0.15, 0.2) is 63.9 Å². The average Bonchev–Trinajstić information content (AvgIpc) is 3.29. The van der Waals surface area contributed by atoms with Gasteiger partial charge in [0.05, 0.1) is 13.2 Å². The topological polar surface area (TPSA) is 118 Å². The largest absolute Gasteiger partial charge is 0.507 e. The number of aromatic hydroxyl groups is 2. The molecule has 1 aliphatic heterocycles. The van der Waals surface area contributed by atoms with Crippen molar-refractivity contribution in [2.24, 2.45) is 7.05 Å². The van der Waals surface area contributed by atoms with Crippen molar-refractivity contribution < 1.29 is 24.2 Å². The summed E-state index contributed by atoms with van der Waals surface area (Å²) in [7, 11) is 1.74. The van der Waals surface area contributed by atoms with Gasteiger partial charge in [-0.3, -0.25) is 14.3 Å². The first-order chi connectivity index (χ1) is 16.9. The van der Waals surface area contributed by atoms with Crippen LogP contribution >= 0.6 is 0 Å². The molecule has 1 unspecified atom stereocenters. The molecule has 0 aliphatic carbocycles. The Labute approximate surface area is 200 Å². The number of morpholine rings is 1. The summed E-state index contributed by atoms with van der Waals surface area (Å²) in [5.74, 6) is -1.18. The third-order valence-electron chi connectivity index (χ3n) is 6.36. The van der Waals surface area contributed by atoms with Gasteiger partial charge in [-0.15, -0.1) is 0 Å². The van der Waals surface area contributed by atoms with Crippen LogP contribution in [0, 0.1) is 0 Å². The standard InChI is InChI=1S/C26H25N3O6/c1-28-18(7-8-27-28)17(13-23(33)29-9-11-34-12-10-29)24-19(30)14-20(31)25-21(32)15-22(35-26(24)25)16-5-3-2-4-6-16/h2-8,14-15,17,30-31H,9-13H2,1H3. The molecule has 180 valence electrons. The number of carbonyl (C=O) groups is 1. The fourth-order valence-electron chi connectivity index (χ4n) is 4.60. The van der Waals surface area contributed by atoms with Crippen LogP contribution < -0.4 is 5.43 Å². The van der Waals surface area contributed by atoms with Gasteiger partial charge in [-0.2, -0.15) is 5.10 Å². The molecule has 4 aromatic rings. The second kappa shape index (κ2) is 9.27. The van der Waals surface area contributed by atoms with Gasteiger partial charge < -0.3 is 24.3 Å². The minimum absolute atomic E-state index is 0.00619. The highest BCUT2D eigenvalue weighted by Gasteiger charge is 2.31. The van der Waals surface area contributed by atoms with Gasteiger partial charge in [-0.25, -0.2) is 0 Å². The number of aromatic nitrogens is 2. The van der Waals surface area contributed by atoms with Gasteiger partial charge in [-0.05, 0) is 6.07 Å². The molecule has 2 aromatic heterocycles. The van der Waals surface area contributed by atoms with Crippen LogP contribution in [0.3, 0.4) is 0 Å². The highest BCUT2D eigenvalue weighted by molar-refractivity contribution is 5.91. The summed E-state index contributed by atoms with van der Waals surface area (Å²) in [5, 5.41) is 25.8. The predicted molar refractivity (Wildman–Crippen MR) is 128 cm³/mol. The van der Waals surface area contributed by atoms with Gasteiger partial charge in [0.2, 0.25) is 5.91 Å². The second-order valence-corrected chi connectivity index (χ2v) is 8.50. The van der Waals surface area contributed by atoms with E-state index in [0.29, 0.717) is 37.6 Å². The van der Waals surface area contributed by atoms with Crippen molar-refractivity contribution in [3.05, 3.63) is 76.2 Å². The monoisotopic (exact) mass is 475 g/mol. The zero-order valence-corrected chi connectivity index (χ0v) is 19.2. The Bertz CT molecular complexity index is 1440. The van der Waals surface area contributed by atoms with Crippen molar-refractivity contribution in [1.29, 1.82) is 0 Å². The van der Waals surface area contributed by atoms with Gasteiger partial charge in [-0.1, -0.05) is 30.3 Å². The Morgan fingerprint density at radius 1 is 1.09 bits per heavy atom. The normalized spacial score (nSPS) is 14.8. The van der Waals surface area contributed by atoms with Crippen molar-refractivity contribution in [2.45, 2.75) is 12.3 Å². The Balaban J connectivity index is 1.72. The summed E-state index contributed by atoms with van der Waals surface area (Å²) >= 11 is 0. The molecule has 2 aromatic carbocycles. The summed E-state index contributed by atoms with van der Waals surface area (Å²) in [6.07, 6.45) is 1.61. The first-order valence-electron chi connectivity index (χ1n) is 11.4. The van der Waals surface area contributed by atoms with Crippen LogP contribution in [0.5, 0.6) is 11.5 Å². The lowest BCUT2D eigenvalue weighted by Gasteiger charge is -2.29. The molecule has 1 atom stereocenters. The fourth-order valence-corrected chi connectivity index (χ4v) is 4.60. The number of ether oxygens (including phenoxy) is 1. The van der Waals surface area contributed by atoms with Gasteiger partial charge in [0.15, 0.2) is 5.43 Å². The van der Waals surface area contributed by atoms with Crippen molar-refractivity contribution in [3.63, 3.8) is 0 Å². The van der Waals surface area contributed by atoms with Crippen LogP contribution in [0.2, 0.25) is 0 Å². The predicted octanol–water partition coefficient (Wildman–Crippen LogP) is 2.99. The average molecular weight is 476 g/mol. The van der Waals surface area contributed by atoms with Crippen molar-refractivity contribution in [3.8, 4) is 22.8 Å². The molecule has 3 heterocycles. The first-order valence-corrected chi connectivity index (χ1v) is 11.4. The minimum Gasteiger partial charge on any atom is -0.507 e. The van der Waals surface area contributed by atoms with Gasteiger partial charge in [0.1, 0.15) is 28.2 Å². The number of rotatable bonds is 5. The highest BCUT2D eigenvalue weighted by atomic mass is 16.5. The van der Waals surface area contributed by atoms with Crippen LogP contribution in [0.25, 0.3) is 22.3 Å². The number of phenols is 2. The maximum absolute atomic E-state index is 13.3. The number of hydrogen-bond acceptors (Lipinski definition) is 7. The number of fused-ring (bicyclic) bond motifs is 1. The van der Waals surface area contributed by atoms with E-state index in [-0.39, 0.29) is 40.4 Å². The van der Waals surface area contributed by atoms with E-state index in [2.05, 4.69) is 5.10 Å². The lowest BCUT2D eigenvalue weighted by atomic mass is 9.89. The fraction of sp³-hybridized carbons (Fsp3) is 0.269. The van der Waals surface area contributed by atoms with E-state index in [1.807, 2.05) is 18.2 Å². The smallest absolute Gasteiger partial charge is 0.223 e. The van der Waals surface area contributed by atoms with Gasteiger partial charge >= 0.3 is 0 Å². The Kier molecular flexibility index (Phi) is 6.00. The van der Waals surface area contributed by atoms with Gasteiger partial charge in [0.25, 0.3) is 0 Å². The van der Waals surface area contributed by atoms with Crippen molar-refractivity contribution in [2.75, 3.05) is 26.3 Å². The number of nitrogens with zero attached hydrogens (tertiary/aromatic N) is 3. The second-order valence-electron chi connectivity index (χ2n) is 8.50. The summed E-state index contributed by atoms with van der Waals surface area (Å²) in [5.41, 5.74) is 1.16. The van der Waals surface area contributed by atoms with E-state index >= 15 is 0 Å². The summed E-state index contributed by atoms with van der Waals surface area (Å²) in [4.78, 5) is 28.1. The lowest BCUT2D eigenvalue weighted by molar-refractivity contribution is -0.135. The van der Waals surface area contributed by atoms with E-state index in [1.165, 1.54) is 6.07 Å². The van der Waals surface area contributed by atoms with Gasteiger partial charge in [0, 0.05) is 67.6 Å². The van der Waals surface area contributed by atoms with Crippen molar-refractivity contribution >= 4 is 16.9 Å². The van der Waals surface area contributed by atoms with Crippen LogP contribution in [0.1, 0.15) is 23.6 Å². The molecule has 1 amide bonds. The quantitative estimate of drug-likeness (QED) is 0.456. The molecule has 2 N–H and O–H groups in total. The maximum atomic E-state index is 13.3. The number of amides is 1. The molecular weight excluding hydrogens is 450 g/mol. The lowest BCUT2D eigenvalue weighted by Crippen LogP contribution is -2.41. The molecule has 9 heteroatoms. The maximum Gasteiger partial charge on any atom is 0.223 e. The van der Waals surface area contributed by atoms with E-state index in [4.69, 9.17) is 9.15 Å². The Morgan fingerprint density at radius 3 is 2.51 bits per heavy atom. The number of hydrogen-bond donors (Lipinski definition) is 2. The highest BCUT2D eigenvalue weighted by Crippen LogP contribution is 2.42. The van der Waals surface area contributed by atoms with Crippen molar-refractivity contribution in [1.82, 2.24) is 14.7 Å². The molecular formula is C26H25N3O6. The number of phenolic OH excluding ortho intramolecular Hbond substituents is 2. The molecule has 0 bridgehead atoms. The zero-order valence-electron chi connectivity index (χ0n) is 19.2. The Hall–Kier alpha value is -4.11. The summed E-state index contributed by atoms with van der Waals surface area (Å²) in [6.45, 7) is 1.88. The third-order valence-corrected chi connectivity index (χ3v) is 6.36. The molecule has 5 rings (SSSR count). The Morgan fingerprint density at radius 2 is 1.83 bits per heavy atom. The van der Waals surface area contributed by atoms with Crippen LogP contribution in [-0.4, -0.2) is 57.1 Å². The molecule has 0 spiro atoms. The molecule has 1 aliphatic rings. The van der Waals surface area contributed by atoms with E-state index in [9.17, 15) is 19.8 Å². The molecule has 0 saturated carbocycles. The summed E-state index contributed by atoms with van der Waals surface area (Å²) < 4.78 is 13.2. The van der Waals surface area contributed by atoms with Crippen LogP contribution in [-0.2, 0) is 16.6 Å². The molecule has 1 saturated heterocycles. The number of carbonyl (C=O) groups excluding carboxylic acids is 1. The summed E-state index contributed by atoms with van der Waals surface area (Å²) in [6, 6.07) is 13.3. The third kappa shape index (κ3) is 4.26. The van der Waals surface area contributed by atoms with E-state index in [0.717, 1.165) is 6.07 Å². The van der Waals surface area contributed by atoms with E-state index < -0.39 is 17.1 Å². The molecule has 9 nitrogen and oxygen atoms in total. The molecule has 1 fully saturated rings. The molecule has 35 heavy (non-hydrogen) atoms. The first kappa shape index (κ1) is 22.7.